The molecule has 138 valence electrons. The smallest absolute Gasteiger partial charge is 0.251 e. The third-order valence-corrected chi connectivity index (χ3v) is 4.97. The molecule has 5 nitrogen and oxygen atoms in total. The summed E-state index contributed by atoms with van der Waals surface area (Å²) in [6.45, 7) is 3.17. The van der Waals surface area contributed by atoms with Crippen LogP contribution in [0.5, 0.6) is 5.75 Å². The van der Waals surface area contributed by atoms with Gasteiger partial charge in [-0.05, 0) is 61.3 Å². The van der Waals surface area contributed by atoms with Crippen LogP contribution in [-0.2, 0) is 6.54 Å². The second kappa shape index (κ2) is 8.83. The summed E-state index contributed by atoms with van der Waals surface area (Å²) in [5.74, 6) is 0.788. The Labute approximate surface area is 155 Å². The van der Waals surface area contributed by atoms with Crippen molar-refractivity contribution in [2.75, 3.05) is 26.7 Å². The largest absolute Gasteiger partial charge is 0.497 e. The first kappa shape index (κ1) is 18.4. The number of likely N-dealkylation sites (tertiary alicyclic amines) is 1. The third kappa shape index (κ3) is 4.42. The van der Waals surface area contributed by atoms with Gasteiger partial charge in [-0.2, -0.15) is 0 Å². The van der Waals surface area contributed by atoms with E-state index < -0.39 is 0 Å². The van der Waals surface area contributed by atoms with Crippen LogP contribution in [0.25, 0.3) is 0 Å². The minimum absolute atomic E-state index is 0.0549. The maximum Gasteiger partial charge on any atom is 0.251 e. The Bertz CT molecular complexity index is 724. The van der Waals surface area contributed by atoms with Gasteiger partial charge in [0.2, 0.25) is 0 Å². The molecular weight excluding hydrogens is 326 g/mol. The number of nitrogens with zero attached hydrogens (tertiary/aromatic N) is 1. The Morgan fingerprint density at radius 3 is 2.58 bits per heavy atom. The zero-order valence-corrected chi connectivity index (χ0v) is 15.3. The average molecular weight is 353 g/mol. The molecule has 0 bridgehead atoms. The summed E-state index contributed by atoms with van der Waals surface area (Å²) in [6.07, 6.45) is 2.41. The highest BCUT2D eigenvalue weighted by molar-refractivity contribution is 5.94. The summed E-state index contributed by atoms with van der Waals surface area (Å²) in [5, 5.41) is 3.10. The van der Waals surface area contributed by atoms with E-state index >= 15 is 0 Å². The number of nitrogens with two attached hydrogens (primary N) is 1. The van der Waals surface area contributed by atoms with Crippen LogP contribution in [0.2, 0.25) is 0 Å². The van der Waals surface area contributed by atoms with Gasteiger partial charge in [0.05, 0.1) is 13.2 Å². The first-order valence-corrected chi connectivity index (χ1v) is 9.16. The number of carbonyl (C=O) groups excluding carboxylic acids is 1. The summed E-state index contributed by atoms with van der Waals surface area (Å²) >= 11 is 0. The molecule has 0 saturated carbocycles. The number of ether oxygens (including phenoxy) is 1. The van der Waals surface area contributed by atoms with E-state index in [4.69, 9.17) is 10.5 Å². The summed E-state index contributed by atoms with van der Waals surface area (Å²) in [5.41, 5.74) is 8.47. The molecule has 1 amide bonds. The lowest BCUT2D eigenvalue weighted by Gasteiger charge is -2.28. The van der Waals surface area contributed by atoms with Gasteiger partial charge < -0.3 is 15.8 Å². The van der Waals surface area contributed by atoms with E-state index in [1.807, 2.05) is 36.4 Å². The van der Waals surface area contributed by atoms with E-state index in [1.54, 1.807) is 7.11 Å². The van der Waals surface area contributed by atoms with Crippen molar-refractivity contribution in [1.82, 2.24) is 10.2 Å². The molecule has 1 atom stereocenters. The lowest BCUT2D eigenvalue weighted by Crippen LogP contribution is -2.36. The molecule has 5 heteroatoms. The average Bonchev–Trinajstić information content (AvgIpc) is 3.22. The van der Waals surface area contributed by atoms with Crippen LogP contribution < -0.4 is 15.8 Å². The number of benzene rings is 2. The monoisotopic (exact) mass is 353 g/mol. The summed E-state index contributed by atoms with van der Waals surface area (Å²) < 4.78 is 5.37. The molecule has 0 radical (unpaired) electrons. The lowest BCUT2D eigenvalue weighted by atomic mass is 10.0. The van der Waals surface area contributed by atoms with Crippen molar-refractivity contribution >= 4 is 5.91 Å². The minimum atomic E-state index is -0.0549. The van der Waals surface area contributed by atoms with E-state index in [2.05, 4.69) is 22.3 Å². The van der Waals surface area contributed by atoms with Crippen LogP contribution in [0.1, 0.15) is 40.4 Å². The molecule has 1 unspecified atom stereocenters. The lowest BCUT2D eigenvalue weighted by molar-refractivity contribution is 0.0938. The first-order chi connectivity index (χ1) is 12.7. The summed E-state index contributed by atoms with van der Waals surface area (Å²) in [4.78, 5) is 15.0. The molecule has 26 heavy (non-hydrogen) atoms. The van der Waals surface area contributed by atoms with Gasteiger partial charge in [-0.1, -0.05) is 24.3 Å². The highest BCUT2D eigenvalue weighted by Gasteiger charge is 2.24. The quantitative estimate of drug-likeness (QED) is 0.803. The van der Waals surface area contributed by atoms with Gasteiger partial charge in [0.25, 0.3) is 5.91 Å². The Morgan fingerprint density at radius 1 is 1.19 bits per heavy atom. The highest BCUT2D eigenvalue weighted by atomic mass is 16.5. The van der Waals surface area contributed by atoms with E-state index in [-0.39, 0.29) is 11.9 Å². The van der Waals surface area contributed by atoms with E-state index in [9.17, 15) is 4.79 Å². The van der Waals surface area contributed by atoms with Crippen LogP contribution in [0.4, 0.5) is 0 Å². The molecule has 1 saturated heterocycles. The van der Waals surface area contributed by atoms with E-state index in [0.717, 1.165) is 24.4 Å². The molecule has 3 N–H and O–H groups in total. The van der Waals surface area contributed by atoms with Crippen molar-refractivity contribution in [1.29, 1.82) is 0 Å². The predicted octanol–water partition coefficient (Wildman–Crippen LogP) is 2.72. The summed E-state index contributed by atoms with van der Waals surface area (Å²) in [7, 11) is 1.68. The molecule has 0 aromatic heterocycles. The number of hydrogen-bond donors (Lipinski definition) is 2. The SMILES string of the molecule is COc1cccc(C(CNC(=O)c2ccc(CN)cc2)N2CCCC2)c1. The Morgan fingerprint density at radius 2 is 1.92 bits per heavy atom. The number of rotatable bonds is 7. The minimum Gasteiger partial charge on any atom is -0.497 e. The fourth-order valence-corrected chi connectivity index (χ4v) is 3.44. The van der Waals surface area contributed by atoms with Gasteiger partial charge in [0, 0.05) is 18.7 Å². The van der Waals surface area contributed by atoms with Gasteiger partial charge in [0.1, 0.15) is 5.75 Å². The van der Waals surface area contributed by atoms with Crippen molar-refractivity contribution in [2.45, 2.75) is 25.4 Å². The zero-order valence-electron chi connectivity index (χ0n) is 15.3. The molecule has 1 heterocycles. The molecule has 0 spiro atoms. The molecule has 0 aliphatic carbocycles. The first-order valence-electron chi connectivity index (χ1n) is 9.16. The van der Waals surface area contributed by atoms with Crippen LogP contribution in [0.3, 0.4) is 0 Å². The second-order valence-electron chi connectivity index (χ2n) is 6.65. The Kier molecular flexibility index (Phi) is 6.26. The molecular formula is C21H27N3O2. The topological polar surface area (TPSA) is 67.6 Å². The van der Waals surface area contributed by atoms with Gasteiger partial charge >= 0.3 is 0 Å². The van der Waals surface area contributed by atoms with Crippen LogP contribution in [0, 0.1) is 0 Å². The van der Waals surface area contributed by atoms with Gasteiger partial charge in [-0.25, -0.2) is 0 Å². The fraction of sp³-hybridized carbons (Fsp3) is 0.381. The van der Waals surface area contributed by atoms with Gasteiger partial charge in [-0.15, -0.1) is 0 Å². The van der Waals surface area contributed by atoms with Crippen molar-refractivity contribution < 1.29 is 9.53 Å². The fourth-order valence-electron chi connectivity index (χ4n) is 3.44. The van der Waals surface area contributed by atoms with Crippen LogP contribution in [-0.4, -0.2) is 37.6 Å². The van der Waals surface area contributed by atoms with E-state index in [0.29, 0.717) is 18.7 Å². The number of hydrogen-bond acceptors (Lipinski definition) is 4. The Balaban J connectivity index is 1.71. The van der Waals surface area contributed by atoms with E-state index in [1.165, 1.54) is 18.4 Å². The Hall–Kier alpha value is -2.37. The molecule has 3 rings (SSSR count). The van der Waals surface area contributed by atoms with Gasteiger partial charge in [0.15, 0.2) is 0 Å². The normalized spacial score (nSPS) is 15.6. The predicted molar refractivity (Wildman–Crippen MR) is 103 cm³/mol. The molecule has 1 aliphatic rings. The number of methoxy groups -OCH3 is 1. The number of carbonyl (C=O) groups is 1. The van der Waals surface area contributed by atoms with Crippen molar-refractivity contribution in [3.63, 3.8) is 0 Å². The van der Waals surface area contributed by atoms with Crippen molar-refractivity contribution in [3.8, 4) is 5.75 Å². The summed E-state index contributed by atoms with van der Waals surface area (Å²) in [6, 6.07) is 15.7. The van der Waals surface area contributed by atoms with Gasteiger partial charge in [-0.3, -0.25) is 9.69 Å². The van der Waals surface area contributed by atoms with Crippen LogP contribution >= 0.6 is 0 Å². The maximum absolute atomic E-state index is 12.5. The third-order valence-electron chi connectivity index (χ3n) is 4.97. The van der Waals surface area contributed by atoms with Crippen LogP contribution in [0.15, 0.2) is 48.5 Å². The molecule has 1 aliphatic heterocycles. The number of amides is 1. The van der Waals surface area contributed by atoms with Crippen molar-refractivity contribution in [2.24, 2.45) is 5.73 Å². The second-order valence-corrected chi connectivity index (χ2v) is 6.65. The standard InChI is InChI=1S/C21H27N3O2/c1-26-19-6-4-5-18(13-19)20(24-11-2-3-12-24)15-23-21(25)17-9-7-16(14-22)8-10-17/h4-10,13,20H,2-3,11-12,14-15,22H2,1H3,(H,23,25). The maximum atomic E-state index is 12.5. The zero-order chi connectivity index (χ0) is 18.4. The highest BCUT2D eigenvalue weighted by Crippen LogP contribution is 2.27. The number of nitrogens with one attached hydrogen (secondary N) is 1. The van der Waals surface area contributed by atoms with Crippen molar-refractivity contribution in [3.05, 3.63) is 65.2 Å². The molecule has 2 aromatic carbocycles. The molecule has 1 fully saturated rings. The molecule has 2 aromatic rings.